The fourth-order valence-electron chi connectivity index (χ4n) is 2.81. The molecule has 0 saturated carbocycles. The normalized spacial score (nSPS) is 11.5. The molecule has 1 heterocycles. The number of aromatic hydroxyl groups is 4. The zero-order chi connectivity index (χ0) is 21.1. The lowest BCUT2D eigenvalue weighted by Crippen LogP contribution is -2.53. The molecule has 148 valence electrons. The van der Waals surface area contributed by atoms with Crippen LogP contribution in [0, 0.1) is 0 Å². The second-order valence-electron chi connectivity index (χ2n) is 6.55. The molecule has 4 N–H and O–H groups in total. The van der Waals surface area contributed by atoms with Crippen LogP contribution in [0.4, 0.5) is 0 Å². The zero-order valence-corrected chi connectivity index (χ0v) is 15.9. The Labute approximate surface area is 167 Å². The Morgan fingerprint density at radius 2 is 1.31 bits per heavy atom. The summed E-state index contributed by atoms with van der Waals surface area (Å²) in [6.07, 6.45) is 6.49. The van der Waals surface area contributed by atoms with Crippen LogP contribution in [0.15, 0.2) is 47.3 Å². The van der Waals surface area contributed by atoms with Gasteiger partial charge in [-0.25, -0.2) is 0 Å². The van der Waals surface area contributed by atoms with Gasteiger partial charge in [0, 0.05) is 17.2 Å². The third-order valence-corrected chi connectivity index (χ3v) is 4.53. The number of phenols is 4. The molecule has 0 bridgehead atoms. The predicted molar refractivity (Wildman–Crippen MR) is 110 cm³/mol. The van der Waals surface area contributed by atoms with Gasteiger partial charge >= 0.3 is 5.69 Å². The zero-order valence-electron chi connectivity index (χ0n) is 15.9. The average molecular weight is 393 g/mol. The quantitative estimate of drug-likeness (QED) is 0.402. The third-order valence-electron chi connectivity index (χ3n) is 4.53. The summed E-state index contributed by atoms with van der Waals surface area (Å²) in [6.45, 7) is 0. The Hall–Kier alpha value is -4.00. The highest BCUT2D eigenvalue weighted by molar-refractivity contribution is 5.74. The van der Waals surface area contributed by atoms with E-state index in [1.165, 1.54) is 45.5 Å². The van der Waals surface area contributed by atoms with Crippen molar-refractivity contribution in [1.29, 1.82) is 0 Å². The molecule has 0 radical (unpaired) electrons. The van der Waals surface area contributed by atoms with Crippen molar-refractivity contribution in [2.24, 2.45) is 14.1 Å². The highest BCUT2D eigenvalue weighted by Crippen LogP contribution is 2.25. The first kappa shape index (κ1) is 19.8. The van der Waals surface area contributed by atoms with Crippen molar-refractivity contribution >= 4 is 24.3 Å². The van der Waals surface area contributed by atoms with E-state index in [1.807, 2.05) is 0 Å². The summed E-state index contributed by atoms with van der Waals surface area (Å²) < 4.78 is 2.89. The van der Waals surface area contributed by atoms with E-state index < -0.39 is 0 Å². The largest absolute Gasteiger partial charge is 0.508 e. The van der Waals surface area contributed by atoms with E-state index in [4.69, 9.17) is 0 Å². The number of benzene rings is 2. The number of aromatic nitrogens is 2. The molecule has 7 heteroatoms. The van der Waals surface area contributed by atoms with Gasteiger partial charge in [0.25, 0.3) is 0 Å². The van der Waals surface area contributed by atoms with Crippen molar-refractivity contribution in [1.82, 2.24) is 4.57 Å². The van der Waals surface area contributed by atoms with Crippen molar-refractivity contribution in [3.05, 3.63) is 75.5 Å². The van der Waals surface area contributed by atoms with E-state index in [0.29, 0.717) is 22.5 Å². The van der Waals surface area contributed by atoms with E-state index in [1.54, 1.807) is 44.5 Å². The summed E-state index contributed by atoms with van der Waals surface area (Å²) in [5, 5.41) is 39.0. The number of phenolic OH excluding ortho intramolecular Hbond substituents is 4. The highest BCUT2D eigenvalue weighted by Gasteiger charge is 2.13. The van der Waals surface area contributed by atoms with Gasteiger partial charge in [-0.15, -0.1) is 0 Å². The molecule has 0 atom stereocenters. The van der Waals surface area contributed by atoms with Gasteiger partial charge in [0.1, 0.15) is 34.4 Å². The fraction of sp³-hybridized carbons (Fsp3) is 0.0909. The molecule has 0 unspecified atom stereocenters. The van der Waals surface area contributed by atoms with Crippen LogP contribution in [-0.2, 0) is 14.1 Å². The standard InChI is InChI=1S/C22H20N2O5/c1-23-16(5-3-14-11-18(25)7-9-20(14)27)13-17(24(2)22(23)29)6-4-15-12-19(26)8-10-21(15)28/h3-13H,1-2H3,(H3,25,26,27,28)/p+1. The van der Waals surface area contributed by atoms with Gasteiger partial charge in [0.05, 0.1) is 14.1 Å². The first-order valence-electron chi connectivity index (χ1n) is 8.76. The SMILES string of the molecule is Cn1c(/C=C/c2cc(O)ccc2O)cc(/C=C/c2cc(O)ccc2O)[n+](C)c1=O. The minimum atomic E-state index is -0.271. The molecule has 0 aliphatic heterocycles. The van der Waals surface area contributed by atoms with Crippen LogP contribution in [0.25, 0.3) is 24.3 Å². The number of hydrogen-bond donors (Lipinski definition) is 4. The minimum Gasteiger partial charge on any atom is -0.508 e. The van der Waals surface area contributed by atoms with Gasteiger partial charge in [0.2, 0.25) is 0 Å². The Kier molecular flexibility index (Phi) is 5.40. The molecular formula is C22H21N2O5+. The average Bonchev–Trinajstić information content (AvgIpc) is 2.69. The Morgan fingerprint density at radius 1 is 0.793 bits per heavy atom. The molecule has 3 aromatic rings. The summed E-state index contributed by atoms with van der Waals surface area (Å²) in [4.78, 5) is 12.6. The molecule has 1 aromatic heterocycles. The molecule has 2 aromatic carbocycles. The van der Waals surface area contributed by atoms with Crippen LogP contribution in [0.2, 0.25) is 0 Å². The monoisotopic (exact) mass is 393 g/mol. The second kappa shape index (κ2) is 7.93. The molecule has 0 amide bonds. The highest BCUT2D eigenvalue weighted by atomic mass is 16.3. The van der Waals surface area contributed by atoms with Crippen LogP contribution in [0.1, 0.15) is 22.5 Å². The van der Waals surface area contributed by atoms with Crippen molar-refractivity contribution in [3.63, 3.8) is 0 Å². The summed E-state index contributed by atoms with van der Waals surface area (Å²) in [6, 6.07) is 10.1. The van der Waals surface area contributed by atoms with Crippen molar-refractivity contribution < 1.29 is 25.0 Å². The van der Waals surface area contributed by atoms with E-state index in [-0.39, 0.29) is 28.7 Å². The van der Waals surface area contributed by atoms with Gasteiger partial charge < -0.3 is 20.4 Å². The fourth-order valence-corrected chi connectivity index (χ4v) is 2.81. The first-order chi connectivity index (χ1) is 13.8. The Balaban J connectivity index is 2.02. The summed E-state index contributed by atoms with van der Waals surface area (Å²) in [7, 11) is 3.25. The molecule has 0 aliphatic carbocycles. The Bertz CT molecular complexity index is 1100. The van der Waals surface area contributed by atoms with Crippen LogP contribution >= 0.6 is 0 Å². The molecule has 3 rings (SSSR count). The molecule has 0 saturated heterocycles. The Morgan fingerprint density at radius 3 is 1.86 bits per heavy atom. The van der Waals surface area contributed by atoms with Crippen LogP contribution in [0.5, 0.6) is 23.0 Å². The van der Waals surface area contributed by atoms with Crippen molar-refractivity contribution in [3.8, 4) is 23.0 Å². The number of nitrogens with zero attached hydrogens (tertiary/aromatic N) is 2. The molecule has 7 nitrogen and oxygen atoms in total. The number of hydrogen-bond acceptors (Lipinski definition) is 5. The topological polar surface area (TPSA) is 107 Å². The molecular weight excluding hydrogens is 372 g/mol. The van der Waals surface area contributed by atoms with E-state index >= 15 is 0 Å². The van der Waals surface area contributed by atoms with E-state index in [9.17, 15) is 25.2 Å². The van der Waals surface area contributed by atoms with Crippen LogP contribution < -0.4 is 10.3 Å². The smallest absolute Gasteiger partial charge is 0.498 e. The van der Waals surface area contributed by atoms with Crippen molar-refractivity contribution in [2.75, 3.05) is 0 Å². The van der Waals surface area contributed by atoms with Gasteiger partial charge in [0.15, 0.2) is 0 Å². The lowest BCUT2D eigenvalue weighted by molar-refractivity contribution is -0.692. The van der Waals surface area contributed by atoms with E-state index in [0.717, 1.165) is 0 Å². The second-order valence-corrected chi connectivity index (χ2v) is 6.55. The van der Waals surface area contributed by atoms with Crippen molar-refractivity contribution in [2.45, 2.75) is 0 Å². The van der Waals surface area contributed by atoms with E-state index in [2.05, 4.69) is 0 Å². The number of rotatable bonds is 4. The third kappa shape index (κ3) is 4.30. The van der Waals surface area contributed by atoms with Gasteiger partial charge in [-0.1, -0.05) is 0 Å². The lowest BCUT2D eigenvalue weighted by atomic mass is 10.1. The van der Waals surface area contributed by atoms with Crippen LogP contribution in [-0.4, -0.2) is 25.0 Å². The van der Waals surface area contributed by atoms with Gasteiger partial charge in [-0.05, 0) is 60.7 Å². The maximum Gasteiger partial charge on any atom is 0.498 e. The predicted octanol–water partition coefficient (Wildman–Crippen LogP) is 2.37. The molecule has 0 spiro atoms. The molecule has 0 aliphatic rings. The maximum atomic E-state index is 12.6. The molecule has 0 fully saturated rings. The van der Waals surface area contributed by atoms with Gasteiger partial charge in [-0.2, -0.15) is 13.9 Å². The summed E-state index contributed by atoms with van der Waals surface area (Å²) in [5.41, 5.74) is 1.68. The van der Waals surface area contributed by atoms with Crippen LogP contribution in [0.3, 0.4) is 0 Å². The van der Waals surface area contributed by atoms with Gasteiger partial charge in [-0.3, -0.25) is 0 Å². The summed E-state index contributed by atoms with van der Waals surface area (Å²) >= 11 is 0. The molecule has 29 heavy (non-hydrogen) atoms. The lowest BCUT2D eigenvalue weighted by Gasteiger charge is -2.04. The minimum absolute atomic E-state index is 0.00464. The maximum absolute atomic E-state index is 12.6. The summed E-state index contributed by atoms with van der Waals surface area (Å²) in [5.74, 6) is 0.0470. The first-order valence-corrected chi connectivity index (χ1v) is 8.76.